The van der Waals surface area contributed by atoms with Gasteiger partial charge in [0.15, 0.2) is 13.3 Å². The first-order valence-electron chi connectivity index (χ1n) is 2.76. The van der Waals surface area contributed by atoms with Crippen LogP contribution in [0, 0.1) is 0 Å². The minimum absolute atomic E-state index is 0.274. The molecule has 0 saturated heterocycles. The summed E-state index contributed by atoms with van der Waals surface area (Å²) >= 11 is 0. The summed E-state index contributed by atoms with van der Waals surface area (Å²) in [7, 11) is 3.17. The maximum absolute atomic E-state index is 3.61. The van der Waals surface area contributed by atoms with Gasteiger partial charge in [-0.2, -0.15) is 30.7 Å². The smallest absolute Gasteiger partial charge is 0.170 e. The standard InChI is InChI=1S/C4H10N6/c1-5-7-3-9-10-4-8-6-2/h3-4H2,1-2H3. The molecule has 0 aromatic carbocycles. The third kappa shape index (κ3) is 6.80. The third-order valence-electron chi connectivity index (χ3n) is 0.636. The average molecular weight is 142 g/mol. The van der Waals surface area contributed by atoms with Crippen LogP contribution >= 0.6 is 0 Å². The van der Waals surface area contributed by atoms with E-state index < -0.39 is 0 Å². The normalized spacial score (nSPS) is 12.6. The molecule has 10 heavy (non-hydrogen) atoms. The number of nitrogens with zero attached hydrogens (tertiary/aromatic N) is 6. The molecule has 0 bridgehead atoms. The summed E-state index contributed by atoms with van der Waals surface area (Å²) in [4.78, 5) is 0. The summed E-state index contributed by atoms with van der Waals surface area (Å²) in [6.07, 6.45) is 0. The summed E-state index contributed by atoms with van der Waals surface area (Å²) < 4.78 is 0. The molecule has 0 rings (SSSR count). The van der Waals surface area contributed by atoms with E-state index >= 15 is 0 Å². The van der Waals surface area contributed by atoms with Crippen molar-refractivity contribution in [1.29, 1.82) is 0 Å². The molecule has 0 radical (unpaired) electrons. The Labute approximate surface area is 59.2 Å². The third-order valence-corrected chi connectivity index (χ3v) is 0.636. The first-order chi connectivity index (χ1) is 4.91. The van der Waals surface area contributed by atoms with E-state index in [2.05, 4.69) is 30.7 Å². The highest BCUT2D eigenvalue weighted by Gasteiger charge is 1.71. The van der Waals surface area contributed by atoms with Crippen LogP contribution in [0.25, 0.3) is 0 Å². The van der Waals surface area contributed by atoms with E-state index in [9.17, 15) is 0 Å². The zero-order valence-corrected chi connectivity index (χ0v) is 6.10. The first kappa shape index (κ1) is 8.80. The van der Waals surface area contributed by atoms with Gasteiger partial charge in [-0.15, -0.1) is 0 Å². The van der Waals surface area contributed by atoms with Crippen LogP contribution in [0.4, 0.5) is 0 Å². The van der Waals surface area contributed by atoms with E-state index in [1.54, 1.807) is 14.1 Å². The van der Waals surface area contributed by atoms with Gasteiger partial charge in [0, 0.05) is 14.1 Å². The maximum atomic E-state index is 3.61. The first-order valence-corrected chi connectivity index (χ1v) is 2.76. The molecule has 0 unspecified atom stereocenters. The molecule has 0 heterocycles. The van der Waals surface area contributed by atoms with E-state index in [0.717, 1.165) is 0 Å². The van der Waals surface area contributed by atoms with Crippen LogP contribution in [0.1, 0.15) is 0 Å². The van der Waals surface area contributed by atoms with Gasteiger partial charge in [0.25, 0.3) is 0 Å². The lowest BCUT2D eigenvalue weighted by atomic mass is 11.2. The molecule has 0 spiro atoms. The van der Waals surface area contributed by atoms with Gasteiger partial charge in [-0.3, -0.25) is 0 Å². The van der Waals surface area contributed by atoms with Gasteiger partial charge >= 0.3 is 0 Å². The zero-order valence-electron chi connectivity index (χ0n) is 6.10. The second-order valence-corrected chi connectivity index (χ2v) is 1.25. The number of rotatable bonds is 4. The van der Waals surface area contributed by atoms with E-state index in [1.165, 1.54) is 0 Å². The Kier molecular flexibility index (Phi) is 6.86. The molecule has 0 fully saturated rings. The van der Waals surface area contributed by atoms with Crippen LogP contribution in [-0.2, 0) is 0 Å². The van der Waals surface area contributed by atoms with E-state index in [1.807, 2.05) is 0 Å². The highest BCUT2D eigenvalue weighted by atomic mass is 15.3. The van der Waals surface area contributed by atoms with Crippen LogP contribution in [0.2, 0.25) is 0 Å². The Balaban J connectivity index is 3.20. The predicted molar refractivity (Wildman–Crippen MR) is 36.1 cm³/mol. The number of hydrogen-bond donors (Lipinski definition) is 0. The Morgan fingerprint density at radius 2 is 1.10 bits per heavy atom. The second kappa shape index (κ2) is 7.80. The molecule has 6 heteroatoms. The van der Waals surface area contributed by atoms with Gasteiger partial charge < -0.3 is 0 Å². The van der Waals surface area contributed by atoms with Gasteiger partial charge in [-0.1, -0.05) is 0 Å². The van der Waals surface area contributed by atoms with Crippen LogP contribution < -0.4 is 0 Å². The molecule has 0 aliphatic carbocycles. The summed E-state index contributed by atoms with van der Waals surface area (Å²) in [6, 6.07) is 0. The SMILES string of the molecule is CN=NCN=NCN=NC. The molecule has 0 atom stereocenters. The second-order valence-electron chi connectivity index (χ2n) is 1.25. The monoisotopic (exact) mass is 142 g/mol. The maximum Gasteiger partial charge on any atom is 0.170 e. The lowest BCUT2D eigenvalue weighted by Gasteiger charge is -1.79. The summed E-state index contributed by atoms with van der Waals surface area (Å²) in [6.45, 7) is 0.547. The Morgan fingerprint density at radius 1 is 0.700 bits per heavy atom. The van der Waals surface area contributed by atoms with Crippen molar-refractivity contribution in [3.8, 4) is 0 Å². The van der Waals surface area contributed by atoms with Gasteiger partial charge in [0.2, 0.25) is 0 Å². The predicted octanol–water partition coefficient (Wildman–Crippen LogP) is 1.52. The fourth-order valence-electron chi connectivity index (χ4n) is 0.273. The molecular formula is C4H10N6. The molecular weight excluding hydrogens is 132 g/mol. The summed E-state index contributed by atoms with van der Waals surface area (Å²) in [5.41, 5.74) is 0. The fourth-order valence-corrected chi connectivity index (χ4v) is 0.273. The summed E-state index contributed by atoms with van der Waals surface area (Å²) in [5, 5.41) is 21.3. The Hall–Kier alpha value is -1.20. The Bertz CT molecular complexity index is 121. The molecule has 0 N–H and O–H groups in total. The van der Waals surface area contributed by atoms with E-state index in [-0.39, 0.29) is 13.3 Å². The quantitative estimate of drug-likeness (QED) is 0.534. The van der Waals surface area contributed by atoms with E-state index in [0.29, 0.717) is 0 Å². The van der Waals surface area contributed by atoms with Crippen LogP contribution in [0.15, 0.2) is 30.7 Å². The van der Waals surface area contributed by atoms with Gasteiger partial charge in [0.05, 0.1) is 0 Å². The van der Waals surface area contributed by atoms with Crippen molar-refractivity contribution in [2.24, 2.45) is 30.7 Å². The lowest BCUT2D eigenvalue weighted by Crippen LogP contribution is -1.71. The van der Waals surface area contributed by atoms with Crippen molar-refractivity contribution in [3.05, 3.63) is 0 Å². The van der Waals surface area contributed by atoms with Crippen molar-refractivity contribution in [2.45, 2.75) is 0 Å². The van der Waals surface area contributed by atoms with Crippen LogP contribution in [-0.4, -0.2) is 27.4 Å². The highest BCUT2D eigenvalue weighted by Crippen LogP contribution is 1.79. The zero-order chi connectivity index (χ0) is 7.66. The fraction of sp³-hybridized carbons (Fsp3) is 1.00. The topological polar surface area (TPSA) is 74.2 Å². The number of hydrogen-bond acceptors (Lipinski definition) is 6. The highest BCUT2D eigenvalue weighted by molar-refractivity contribution is 4.30. The van der Waals surface area contributed by atoms with Crippen molar-refractivity contribution < 1.29 is 0 Å². The Morgan fingerprint density at radius 3 is 1.40 bits per heavy atom. The number of azo groups is 3. The molecule has 0 saturated carbocycles. The van der Waals surface area contributed by atoms with Gasteiger partial charge in [-0.25, -0.2) is 0 Å². The van der Waals surface area contributed by atoms with Gasteiger partial charge in [0.1, 0.15) is 0 Å². The molecule has 6 nitrogen and oxygen atoms in total. The molecule has 0 aromatic heterocycles. The molecule has 0 amide bonds. The summed E-state index contributed by atoms with van der Waals surface area (Å²) in [5.74, 6) is 0. The van der Waals surface area contributed by atoms with Crippen LogP contribution in [0.3, 0.4) is 0 Å². The largest absolute Gasteiger partial charge is 0.196 e. The lowest BCUT2D eigenvalue weighted by molar-refractivity contribution is 0.807. The average Bonchev–Trinajstić information content (AvgIpc) is 1.97. The van der Waals surface area contributed by atoms with Crippen molar-refractivity contribution in [2.75, 3.05) is 27.4 Å². The minimum atomic E-state index is 0.274. The van der Waals surface area contributed by atoms with Crippen molar-refractivity contribution in [1.82, 2.24) is 0 Å². The minimum Gasteiger partial charge on any atom is -0.196 e. The van der Waals surface area contributed by atoms with Crippen LogP contribution in [0.5, 0.6) is 0 Å². The van der Waals surface area contributed by atoms with Gasteiger partial charge in [-0.05, 0) is 0 Å². The van der Waals surface area contributed by atoms with Crippen molar-refractivity contribution >= 4 is 0 Å². The molecule has 0 aliphatic heterocycles. The molecule has 0 aromatic rings. The van der Waals surface area contributed by atoms with E-state index in [4.69, 9.17) is 0 Å². The van der Waals surface area contributed by atoms with Crippen molar-refractivity contribution in [3.63, 3.8) is 0 Å². The molecule has 56 valence electrons. The molecule has 0 aliphatic rings.